The number of amides is 1. The summed E-state index contributed by atoms with van der Waals surface area (Å²) < 4.78 is 5.27. The Morgan fingerprint density at radius 3 is 2.86 bits per heavy atom. The number of hydrogen-bond acceptors (Lipinski definition) is 2. The first-order valence-electron chi connectivity index (χ1n) is 4.09. The summed E-state index contributed by atoms with van der Waals surface area (Å²) in [6, 6.07) is 7.47. The van der Waals surface area contributed by atoms with E-state index < -0.39 is 5.37 Å². The van der Waals surface area contributed by atoms with Gasteiger partial charge in [0.2, 0.25) is 0 Å². The minimum absolute atomic E-state index is 0.531. The van der Waals surface area contributed by atoms with E-state index in [2.05, 4.69) is 0 Å². The summed E-state index contributed by atoms with van der Waals surface area (Å²) in [5.74, 6) is 0. The van der Waals surface area contributed by atoms with E-state index in [4.69, 9.17) is 16.0 Å². The molecule has 0 aliphatic heterocycles. The van der Waals surface area contributed by atoms with Crippen molar-refractivity contribution in [2.45, 2.75) is 0 Å². The van der Waals surface area contributed by atoms with Crippen LogP contribution in [0.3, 0.4) is 0 Å². The molecule has 2 aromatic rings. The predicted octanol–water partition coefficient (Wildman–Crippen LogP) is 3.23. The molecule has 0 spiro atoms. The van der Waals surface area contributed by atoms with Crippen LogP contribution in [0.4, 0.5) is 10.5 Å². The lowest BCUT2D eigenvalue weighted by Crippen LogP contribution is -2.18. The van der Waals surface area contributed by atoms with Crippen LogP contribution in [0.1, 0.15) is 0 Å². The monoisotopic (exact) mass is 209 g/mol. The van der Waals surface area contributed by atoms with Gasteiger partial charge in [0.15, 0.2) is 0 Å². The summed E-state index contributed by atoms with van der Waals surface area (Å²) in [6.45, 7) is 0. The van der Waals surface area contributed by atoms with Gasteiger partial charge in [-0.05, 0) is 23.7 Å². The average Bonchev–Trinajstić information content (AvgIpc) is 2.60. The fourth-order valence-corrected chi connectivity index (χ4v) is 1.41. The Labute approximate surface area is 85.9 Å². The normalized spacial score (nSPS) is 10.4. The molecule has 0 radical (unpaired) electrons. The molecule has 0 atom stereocenters. The Kier molecular flexibility index (Phi) is 2.17. The average molecular weight is 210 g/mol. The number of benzene rings is 1. The first kappa shape index (κ1) is 9.09. The molecule has 0 N–H and O–H groups in total. The predicted molar refractivity (Wildman–Crippen MR) is 55.9 cm³/mol. The lowest BCUT2D eigenvalue weighted by atomic mass is 10.2. The summed E-state index contributed by atoms with van der Waals surface area (Å²) in [4.78, 5) is 12.3. The Bertz CT molecular complexity index is 478. The number of halogens is 1. The van der Waals surface area contributed by atoms with Crippen LogP contribution in [-0.4, -0.2) is 12.4 Å². The van der Waals surface area contributed by atoms with Gasteiger partial charge in [-0.2, -0.15) is 0 Å². The van der Waals surface area contributed by atoms with E-state index in [0.29, 0.717) is 5.69 Å². The fraction of sp³-hybridized carbons (Fsp3) is 0.100. The van der Waals surface area contributed by atoms with E-state index in [0.717, 1.165) is 11.0 Å². The highest BCUT2D eigenvalue weighted by Crippen LogP contribution is 2.28. The summed E-state index contributed by atoms with van der Waals surface area (Å²) in [5, 5.41) is 0.348. The lowest BCUT2D eigenvalue weighted by molar-refractivity contribution is 0.265. The number of anilines is 1. The van der Waals surface area contributed by atoms with E-state index in [9.17, 15) is 4.79 Å². The van der Waals surface area contributed by atoms with Gasteiger partial charge in [0.05, 0.1) is 5.69 Å². The van der Waals surface area contributed by atoms with Gasteiger partial charge in [0, 0.05) is 12.4 Å². The molecule has 1 amide bonds. The number of furan rings is 1. The van der Waals surface area contributed by atoms with Crippen molar-refractivity contribution in [1.29, 1.82) is 0 Å². The molecule has 0 aliphatic rings. The molecule has 0 aliphatic carbocycles. The number of para-hydroxylation sites is 1. The summed E-state index contributed by atoms with van der Waals surface area (Å²) in [6.07, 6.45) is 1.52. The van der Waals surface area contributed by atoms with Crippen molar-refractivity contribution in [2.24, 2.45) is 0 Å². The van der Waals surface area contributed by atoms with E-state index >= 15 is 0 Å². The molecule has 1 heterocycles. The molecule has 2 rings (SSSR count). The largest absolute Gasteiger partial charge is 0.462 e. The maximum atomic E-state index is 10.9. The molecule has 0 bridgehead atoms. The zero-order valence-corrected chi connectivity index (χ0v) is 8.28. The van der Waals surface area contributed by atoms with Crippen LogP contribution < -0.4 is 4.90 Å². The molecule has 0 fully saturated rings. The second kappa shape index (κ2) is 3.35. The minimum atomic E-state index is -0.531. The van der Waals surface area contributed by atoms with Crippen molar-refractivity contribution >= 4 is 33.6 Å². The highest BCUT2D eigenvalue weighted by atomic mass is 35.5. The van der Waals surface area contributed by atoms with Crippen LogP contribution in [0.25, 0.3) is 11.0 Å². The summed E-state index contributed by atoms with van der Waals surface area (Å²) in [7, 11) is 1.60. The molecule has 4 heteroatoms. The van der Waals surface area contributed by atoms with Crippen molar-refractivity contribution in [1.82, 2.24) is 0 Å². The molecule has 14 heavy (non-hydrogen) atoms. The number of carbonyl (C=O) groups is 1. The molecule has 0 unspecified atom stereocenters. The molecular formula is C10H8ClNO2. The van der Waals surface area contributed by atoms with E-state index in [1.807, 2.05) is 24.3 Å². The Hall–Kier alpha value is -1.48. The Balaban J connectivity index is 2.58. The van der Waals surface area contributed by atoms with E-state index in [1.54, 1.807) is 7.05 Å². The van der Waals surface area contributed by atoms with Crippen molar-refractivity contribution in [3.63, 3.8) is 0 Å². The maximum absolute atomic E-state index is 10.9. The highest BCUT2D eigenvalue weighted by Gasteiger charge is 2.13. The van der Waals surface area contributed by atoms with E-state index in [1.165, 1.54) is 11.2 Å². The third-order valence-corrected chi connectivity index (χ3v) is 2.34. The Morgan fingerprint density at radius 2 is 2.14 bits per heavy atom. The van der Waals surface area contributed by atoms with Crippen molar-refractivity contribution in [3.05, 3.63) is 30.5 Å². The number of fused-ring (bicyclic) bond motifs is 1. The van der Waals surface area contributed by atoms with Gasteiger partial charge in [-0.25, -0.2) is 0 Å². The quantitative estimate of drug-likeness (QED) is 0.534. The lowest BCUT2D eigenvalue weighted by Gasteiger charge is -2.10. The minimum Gasteiger partial charge on any atom is -0.462 e. The van der Waals surface area contributed by atoms with Gasteiger partial charge in [-0.3, -0.25) is 9.69 Å². The number of carbonyl (C=O) groups excluding carboxylic acids is 1. The second-order valence-electron chi connectivity index (χ2n) is 2.93. The molecule has 3 nitrogen and oxygen atoms in total. The highest BCUT2D eigenvalue weighted by molar-refractivity contribution is 6.66. The molecule has 0 saturated heterocycles. The molecule has 72 valence electrons. The van der Waals surface area contributed by atoms with E-state index in [-0.39, 0.29) is 0 Å². The first-order valence-corrected chi connectivity index (χ1v) is 4.47. The first-order chi connectivity index (χ1) is 6.70. The van der Waals surface area contributed by atoms with Crippen molar-refractivity contribution < 1.29 is 9.21 Å². The molecular weight excluding hydrogens is 202 g/mol. The van der Waals surface area contributed by atoms with Crippen LogP contribution in [-0.2, 0) is 0 Å². The standard InChI is InChI=1S/C10H8ClNO2/c1-12(10(11)13)8-6-14-9-5-3-2-4-7(8)9/h2-6H,1H3. The van der Waals surface area contributed by atoms with Crippen molar-refractivity contribution in [2.75, 3.05) is 11.9 Å². The number of nitrogens with zero attached hydrogens (tertiary/aromatic N) is 1. The van der Waals surface area contributed by atoms with Crippen LogP contribution >= 0.6 is 11.6 Å². The number of hydrogen-bond donors (Lipinski definition) is 0. The Morgan fingerprint density at radius 1 is 1.43 bits per heavy atom. The summed E-state index contributed by atoms with van der Waals surface area (Å²) >= 11 is 5.37. The number of rotatable bonds is 1. The smallest absolute Gasteiger partial charge is 0.320 e. The van der Waals surface area contributed by atoms with Crippen LogP contribution in [0.5, 0.6) is 0 Å². The van der Waals surface area contributed by atoms with Gasteiger partial charge >= 0.3 is 5.37 Å². The van der Waals surface area contributed by atoms with Gasteiger partial charge in [-0.15, -0.1) is 0 Å². The van der Waals surface area contributed by atoms with Gasteiger partial charge in [0.1, 0.15) is 11.8 Å². The zero-order chi connectivity index (χ0) is 10.1. The fourth-order valence-electron chi connectivity index (χ4n) is 1.32. The molecule has 1 aromatic heterocycles. The second-order valence-corrected chi connectivity index (χ2v) is 3.25. The van der Waals surface area contributed by atoms with Crippen LogP contribution in [0.15, 0.2) is 34.9 Å². The zero-order valence-electron chi connectivity index (χ0n) is 7.53. The van der Waals surface area contributed by atoms with Gasteiger partial charge in [-0.1, -0.05) is 12.1 Å². The van der Waals surface area contributed by atoms with Crippen LogP contribution in [0.2, 0.25) is 0 Å². The van der Waals surface area contributed by atoms with Gasteiger partial charge < -0.3 is 4.42 Å². The SMILES string of the molecule is CN(C(=O)Cl)c1coc2ccccc12. The third-order valence-electron chi connectivity index (χ3n) is 2.09. The van der Waals surface area contributed by atoms with Crippen molar-refractivity contribution in [3.8, 4) is 0 Å². The summed E-state index contributed by atoms with van der Waals surface area (Å²) in [5.41, 5.74) is 1.42. The van der Waals surface area contributed by atoms with Crippen LogP contribution in [0, 0.1) is 0 Å². The molecule has 1 aromatic carbocycles. The molecule has 0 saturated carbocycles. The maximum Gasteiger partial charge on any atom is 0.320 e. The topological polar surface area (TPSA) is 33.5 Å². The third kappa shape index (κ3) is 1.36. The van der Waals surface area contributed by atoms with Gasteiger partial charge in [0.25, 0.3) is 0 Å².